The molecule has 0 N–H and O–H groups in total. The maximum Gasteiger partial charge on any atom is 0.342 e. The number of hydrogen-bond donors (Lipinski definition) is 0. The molecule has 0 radical (unpaired) electrons. The van der Waals surface area contributed by atoms with Crippen molar-refractivity contribution >= 4 is 5.97 Å². The van der Waals surface area contributed by atoms with Gasteiger partial charge in [-0.3, -0.25) is 0 Å². The Balaban J connectivity index is 2.28. The monoisotopic (exact) mass is 316 g/mol. The van der Waals surface area contributed by atoms with Gasteiger partial charge in [0.2, 0.25) is 0 Å². The van der Waals surface area contributed by atoms with E-state index in [9.17, 15) is 4.79 Å². The number of rotatable bonds is 6. The minimum absolute atomic E-state index is 0.285. The number of carbonyl (C=O) groups excluding carboxylic acids is 1. The molecule has 122 valence electrons. The fraction of sp³-hybridized carbons (Fsp3) is 0.278. The van der Waals surface area contributed by atoms with Gasteiger partial charge in [-0.15, -0.1) is 0 Å². The van der Waals surface area contributed by atoms with E-state index in [1.807, 2.05) is 37.3 Å². The molecule has 0 saturated heterocycles. The molecule has 0 saturated carbocycles. The van der Waals surface area contributed by atoms with Gasteiger partial charge < -0.3 is 18.9 Å². The van der Waals surface area contributed by atoms with Crippen molar-refractivity contribution in [3.63, 3.8) is 0 Å². The van der Waals surface area contributed by atoms with E-state index in [-0.39, 0.29) is 11.7 Å². The van der Waals surface area contributed by atoms with Crippen LogP contribution >= 0.6 is 0 Å². The molecule has 0 fully saturated rings. The first kappa shape index (κ1) is 16.7. The topological polar surface area (TPSA) is 54.0 Å². The van der Waals surface area contributed by atoms with Crippen molar-refractivity contribution in [2.75, 3.05) is 21.3 Å². The Morgan fingerprint density at radius 2 is 1.43 bits per heavy atom. The molecule has 5 nitrogen and oxygen atoms in total. The summed E-state index contributed by atoms with van der Waals surface area (Å²) in [7, 11) is 4.51. The Hall–Kier alpha value is -2.69. The Morgan fingerprint density at radius 1 is 0.870 bits per heavy atom. The van der Waals surface area contributed by atoms with E-state index >= 15 is 0 Å². The fourth-order valence-corrected chi connectivity index (χ4v) is 2.20. The molecule has 0 heterocycles. The molecule has 2 rings (SSSR count). The molecule has 2 aromatic carbocycles. The molecular formula is C18H20O5. The molecule has 0 bridgehead atoms. The number of esters is 1. The fourth-order valence-electron chi connectivity index (χ4n) is 2.20. The Labute approximate surface area is 135 Å². The van der Waals surface area contributed by atoms with Crippen LogP contribution in [-0.2, 0) is 4.74 Å². The molecule has 0 aliphatic carbocycles. The lowest BCUT2D eigenvalue weighted by Crippen LogP contribution is -2.11. The molecule has 0 aliphatic rings. The van der Waals surface area contributed by atoms with Crippen molar-refractivity contribution in [1.82, 2.24) is 0 Å². The number of methoxy groups -OCH3 is 3. The summed E-state index contributed by atoms with van der Waals surface area (Å²) in [6, 6.07) is 12.7. The SMILES string of the molecule is COc1cc(OC)c(C(=O)O[C@@H](C)c2ccccc2)cc1OC. The van der Waals surface area contributed by atoms with Crippen molar-refractivity contribution in [2.45, 2.75) is 13.0 Å². The van der Waals surface area contributed by atoms with E-state index in [1.54, 1.807) is 12.1 Å². The number of benzene rings is 2. The van der Waals surface area contributed by atoms with Crippen molar-refractivity contribution < 1.29 is 23.7 Å². The first-order valence-corrected chi connectivity index (χ1v) is 7.16. The van der Waals surface area contributed by atoms with Gasteiger partial charge in [-0.05, 0) is 12.5 Å². The van der Waals surface area contributed by atoms with Gasteiger partial charge in [-0.25, -0.2) is 4.79 Å². The summed E-state index contributed by atoms with van der Waals surface area (Å²) >= 11 is 0. The van der Waals surface area contributed by atoms with Crippen LogP contribution in [0.15, 0.2) is 42.5 Å². The molecule has 23 heavy (non-hydrogen) atoms. The zero-order chi connectivity index (χ0) is 16.8. The van der Waals surface area contributed by atoms with Crippen LogP contribution in [-0.4, -0.2) is 27.3 Å². The summed E-state index contributed by atoms with van der Waals surface area (Å²) in [5.41, 5.74) is 1.20. The smallest absolute Gasteiger partial charge is 0.342 e. The summed E-state index contributed by atoms with van der Waals surface area (Å²) in [5, 5.41) is 0. The summed E-state index contributed by atoms with van der Waals surface area (Å²) in [5.74, 6) is 0.802. The maximum atomic E-state index is 12.5. The van der Waals surface area contributed by atoms with E-state index in [1.165, 1.54) is 21.3 Å². The van der Waals surface area contributed by atoms with Gasteiger partial charge in [0.1, 0.15) is 17.4 Å². The highest BCUT2D eigenvalue weighted by Crippen LogP contribution is 2.35. The van der Waals surface area contributed by atoms with Crippen LogP contribution in [0.5, 0.6) is 17.2 Å². The van der Waals surface area contributed by atoms with Crippen LogP contribution in [0.3, 0.4) is 0 Å². The van der Waals surface area contributed by atoms with E-state index in [0.29, 0.717) is 17.2 Å². The zero-order valence-corrected chi connectivity index (χ0v) is 13.7. The third-order valence-electron chi connectivity index (χ3n) is 3.48. The third-order valence-corrected chi connectivity index (χ3v) is 3.48. The predicted octanol–water partition coefficient (Wildman–Crippen LogP) is 3.63. The van der Waals surface area contributed by atoms with Gasteiger partial charge in [0, 0.05) is 12.1 Å². The first-order valence-electron chi connectivity index (χ1n) is 7.16. The summed E-state index contributed by atoms with van der Waals surface area (Å²) in [6.45, 7) is 1.82. The number of ether oxygens (including phenoxy) is 4. The van der Waals surface area contributed by atoms with Crippen molar-refractivity contribution in [2.24, 2.45) is 0 Å². The van der Waals surface area contributed by atoms with E-state index < -0.39 is 5.97 Å². The highest BCUT2D eigenvalue weighted by atomic mass is 16.5. The van der Waals surface area contributed by atoms with Gasteiger partial charge >= 0.3 is 5.97 Å². The van der Waals surface area contributed by atoms with Crippen molar-refractivity contribution in [1.29, 1.82) is 0 Å². The number of hydrogen-bond acceptors (Lipinski definition) is 5. The van der Waals surface area contributed by atoms with Crippen LogP contribution < -0.4 is 14.2 Å². The lowest BCUT2D eigenvalue weighted by atomic mass is 10.1. The molecule has 0 amide bonds. The van der Waals surface area contributed by atoms with E-state index in [2.05, 4.69) is 0 Å². The maximum absolute atomic E-state index is 12.5. The average molecular weight is 316 g/mol. The third kappa shape index (κ3) is 3.74. The Kier molecular flexibility index (Phi) is 5.46. The van der Waals surface area contributed by atoms with Crippen LogP contribution in [0.25, 0.3) is 0 Å². The molecular weight excluding hydrogens is 296 g/mol. The van der Waals surface area contributed by atoms with Gasteiger partial charge in [-0.2, -0.15) is 0 Å². The highest BCUT2D eigenvalue weighted by Gasteiger charge is 2.21. The van der Waals surface area contributed by atoms with E-state index in [4.69, 9.17) is 18.9 Å². The minimum Gasteiger partial charge on any atom is -0.496 e. The van der Waals surface area contributed by atoms with E-state index in [0.717, 1.165) is 5.56 Å². The molecule has 0 aliphatic heterocycles. The van der Waals surface area contributed by atoms with Crippen LogP contribution in [0.4, 0.5) is 0 Å². The van der Waals surface area contributed by atoms with Crippen LogP contribution in [0.2, 0.25) is 0 Å². The normalized spacial score (nSPS) is 11.5. The highest BCUT2D eigenvalue weighted by molar-refractivity contribution is 5.93. The summed E-state index contributed by atoms with van der Waals surface area (Å²) in [4.78, 5) is 12.5. The van der Waals surface area contributed by atoms with Crippen LogP contribution in [0.1, 0.15) is 28.9 Å². The number of carbonyl (C=O) groups is 1. The largest absolute Gasteiger partial charge is 0.496 e. The van der Waals surface area contributed by atoms with Crippen molar-refractivity contribution in [3.8, 4) is 17.2 Å². The van der Waals surface area contributed by atoms with Gasteiger partial charge in [0.05, 0.1) is 21.3 Å². The summed E-state index contributed by atoms with van der Waals surface area (Å²) in [6.07, 6.45) is -0.374. The standard InChI is InChI=1S/C18H20O5/c1-12(13-8-6-5-7-9-13)23-18(19)14-10-16(21-3)17(22-4)11-15(14)20-2/h5-12H,1-4H3/t12-/m0/s1. The van der Waals surface area contributed by atoms with Crippen LogP contribution in [0, 0.1) is 0 Å². The molecule has 1 atom stereocenters. The molecule has 5 heteroatoms. The second kappa shape index (κ2) is 7.54. The van der Waals surface area contributed by atoms with Gasteiger partial charge in [0.15, 0.2) is 11.5 Å². The van der Waals surface area contributed by atoms with Gasteiger partial charge in [0.25, 0.3) is 0 Å². The minimum atomic E-state index is -0.487. The first-order chi connectivity index (χ1) is 11.1. The van der Waals surface area contributed by atoms with Gasteiger partial charge in [-0.1, -0.05) is 30.3 Å². The molecule has 2 aromatic rings. The second-order valence-corrected chi connectivity index (χ2v) is 4.87. The lowest BCUT2D eigenvalue weighted by molar-refractivity contribution is 0.0334. The molecule has 0 spiro atoms. The zero-order valence-electron chi connectivity index (χ0n) is 13.7. The summed E-state index contributed by atoms with van der Waals surface area (Å²) < 4.78 is 21.2. The molecule has 0 unspecified atom stereocenters. The molecule has 0 aromatic heterocycles. The Morgan fingerprint density at radius 3 is 2.00 bits per heavy atom. The average Bonchev–Trinajstić information content (AvgIpc) is 2.60. The Bertz CT molecular complexity index is 667. The quantitative estimate of drug-likeness (QED) is 0.762. The van der Waals surface area contributed by atoms with Crippen molar-refractivity contribution in [3.05, 3.63) is 53.6 Å². The predicted molar refractivity (Wildman–Crippen MR) is 86.4 cm³/mol. The lowest BCUT2D eigenvalue weighted by Gasteiger charge is -2.16. The second-order valence-electron chi connectivity index (χ2n) is 4.87.